The molecule has 1 fully saturated rings. The lowest BCUT2D eigenvalue weighted by atomic mass is 9.96. The Kier molecular flexibility index (Phi) is 8.51. The topological polar surface area (TPSA) is 94.6 Å². The van der Waals surface area contributed by atoms with Crippen LogP contribution in [0.4, 0.5) is 11.5 Å². The highest BCUT2D eigenvalue weighted by atomic mass is 35.5. The maximum Gasteiger partial charge on any atom is 0.303 e. The average Bonchev–Trinajstić information content (AvgIpc) is 2.75. The van der Waals surface area contributed by atoms with E-state index in [1.165, 1.54) is 6.20 Å². The van der Waals surface area contributed by atoms with Crippen LogP contribution in [0.25, 0.3) is 0 Å². The molecule has 1 aromatic heterocycles. The minimum atomic E-state index is -0.742. The van der Waals surface area contributed by atoms with E-state index in [1.54, 1.807) is 24.3 Å². The van der Waals surface area contributed by atoms with Gasteiger partial charge in [0.1, 0.15) is 5.82 Å². The number of benzene rings is 1. The van der Waals surface area contributed by atoms with Crippen LogP contribution in [0, 0.1) is 5.92 Å². The molecule has 0 saturated carbocycles. The van der Waals surface area contributed by atoms with Crippen molar-refractivity contribution in [3.8, 4) is 0 Å². The quantitative estimate of drug-likeness (QED) is 0.500. The fourth-order valence-electron chi connectivity index (χ4n) is 3.61. The Bertz CT molecular complexity index is 900. The van der Waals surface area contributed by atoms with E-state index >= 15 is 0 Å². The minimum absolute atomic E-state index is 0.217. The number of amides is 1. The number of hydrogen-bond donors (Lipinski definition) is 3. The van der Waals surface area contributed by atoms with Crippen LogP contribution in [0.2, 0.25) is 10.0 Å². The normalized spacial score (nSPS) is 14.9. The van der Waals surface area contributed by atoms with E-state index in [0.717, 1.165) is 44.7 Å². The van der Waals surface area contributed by atoms with Gasteiger partial charge in [-0.1, -0.05) is 23.2 Å². The summed E-state index contributed by atoms with van der Waals surface area (Å²) in [6.07, 6.45) is 4.44. The molecule has 0 spiro atoms. The Morgan fingerprint density at radius 2 is 1.87 bits per heavy atom. The van der Waals surface area contributed by atoms with Gasteiger partial charge in [-0.25, -0.2) is 4.98 Å². The molecule has 0 unspecified atom stereocenters. The van der Waals surface area contributed by atoms with Gasteiger partial charge in [0.05, 0.1) is 10.6 Å². The van der Waals surface area contributed by atoms with Crippen LogP contribution in [0.3, 0.4) is 0 Å². The van der Waals surface area contributed by atoms with E-state index in [9.17, 15) is 9.59 Å². The maximum atomic E-state index is 12.8. The van der Waals surface area contributed by atoms with E-state index in [2.05, 4.69) is 20.5 Å². The number of carboxylic acid groups (broad SMARTS) is 1. The molecule has 0 atom stereocenters. The lowest BCUT2D eigenvalue weighted by Crippen LogP contribution is -2.36. The minimum Gasteiger partial charge on any atom is -0.481 e. The first kappa shape index (κ1) is 23.3. The molecule has 1 amide bonds. The van der Waals surface area contributed by atoms with Crippen molar-refractivity contribution in [1.29, 1.82) is 0 Å². The van der Waals surface area contributed by atoms with Crippen molar-refractivity contribution >= 4 is 46.6 Å². The smallest absolute Gasteiger partial charge is 0.303 e. The van der Waals surface area contributed by atoms with E-state index in [-0.39, 0.29) is 12.3 Å². The van der Waals surface area contributed by atoms with Crippen LogP contribution < -0.4 is 10.6 Å². The molecule has 0 radical (unpaired) electrons. The number of pyridine rings is 1. The highest BCUT2D eigenvalue weighted by molar-refractivity contribution is 6.31. The maximum absolute atomic E-state index is 12.8. The molecular formula is C22H26Cl2N4O3. The lowest BCUT2D eigenvalue weighted by molar-refractivity contribution is -0.137. The summed E-state index contributed by atoms with van der Waals surface area (Å²) in [7, 11) is 0. The summed E-state index contributed by atoms with van der Waals surface area (Å²) in [5.74, 6) is -0.141. The summed E-state index contributed by atoms with van der Waals surface area (Å²) < 4.78 is 0. The van der Waals surface area contributed by atoms with Crippen molar-refractivity contribution in [1.82, 2.24) is 9.88 Å². The molecule has 2 aromatic rings. The number of carbonyl (C=O) groups is 2. The number of carboxylic acids is 1. The number of halogens is 2. The second-order valence-electron chi connectivity index (χ2n) is 7.67. The number of hydrogen-bond acceptors (Lipinski definition) is 5. The number of likely N-dealkylation sites (tertiary alicyclic amines) is 1. The molecule has 1 aliphatic rings. The number of rotatable bonds is 9. The third-order valence-corrected chi connectivity index (χ3v) is 5.81. The van der Waals surface area contributed by atoms with Crippen molar-refractivity contribution in [3.63, 3.8) is 0 Å². The molecule has 3 rings (SSSR count). The summed E-state index contributed by atoms with van der Waals surface area (Å²) in [6, 6.07) is 8.51. The Hall–Kier alpha value is -2.35. The molecule has 9 heteroatoms. The molecule has 7 nitrogen and oxygen atoms in total. The number of carbonyl (C=O) groups excluding carboxylic acids is 1. The molecule has 1 saturated heterocycles. The third kappa shape index (κ3) is 7.38. The number of aliphatic carboxylic acids is 1. The van der Waals surface area contributed by atoms with E-state index < -0.39 is 5.97 Å². The van der Waals surface area contributed by atoms with Gasteiger partial charge in [-0.05, 0) is 75.1 Å². The van der Waals surface area contributed by atoms with Gasteiger partial charge >= 0.3 is 5.97 Å². The summed E-state index contributed by atoms with van der Waals surface area (Å²) >= 11 is 12.0. The lowest BCUT2D eigenvalue weighted by Gasteiger charge is -2.32. The predicted octanol–water partition coefficient (Wildman–Crippen LogP) is 4.63. The number of nitrogens with zero attached hydrogens (tertiary/aromatic N) is 2. The van der Waals surface area contributed by atoms with Crippen LogP contribution >= 0.6 is 23.2 Å². The van der Waals surface area contributed by atoms with Gasteiger partial charge in [-0.3, -0.25) is 9.59 Å². The molecule has 166 valence electrons. The number of piperidine rings is 1. The zero-order valence-corrected chi connectivity index (χ0v) is 18.6. The fraction of sp³-hybridized carbons (Fsp3) is 0.409. The Morgan fingerprint density at radius 1 is 1.13 bits per heavy atom. The number of anilines is 2. The SMILES string of the molecule is O=C(O)CCCN1CCC(CNc2ccc(Cl)cc2C(=O)Nc2ccc(Cl)cn2)CC1. The first-order valence-electron chi connectivity index (χ1n) is 10.3. The van der Waals surface area contributed by atoms with Gasteiger partial charge in [0, 0.05) is 29.9 Å². The Balaban J connectivity index is 1.53. The molecule has 2 heterocycles. The molecule has 0 aliphatic carbocycles. The number of aromatic nitrogens is 1. The molecule has 3 N–H and O–H groups in total. The van der Waals surface area contributed by atoms with Crippen LogP contribution in [0.15, 0.2) is 36.5 Å². The largest absolute Gasteiger partial charge is 0.481 e. The standard InChI is InChI=1S/C22H26Cl2N4O3/c23-16-3-5-19(18(12-16)22(31)27-20-6-4-17(24)14-26-20)25-13-15-7-10-28(11-8-15)9-1-2-21(29)30/h3-6,12,14-15,25H,1-2,7-11,13H2,(H,29,30)(H,26,27,31). The predicted molar refractivity (Wildman–Crippen MR) is 123 cm³/mol. The highest BCUT2D eigenvalue weighted by Gasteiger charge is 2.20. The van der Waals surface area contributed by atoms with Crippen LogP contribution in [-0.2, 0) is 4.79 Å². The van der Waals surface area contributed by atoms with Crippen LogP contribution in [-0.4, -0.2) is 53.0 Å². The third-order valence-electron chi connectivity index (χ3n) is 5.35. The molecule has 1 aromatic carbocycles. The number of nitrogens with one attached hydrogen (secondary N) is 2. The second kappa shape index (κ2) is 11.3. The zero-order chi connectivity index (χ0) is 22.2. The first-order chi connectivity index (χ1) is 14.9. The van der Waals surface area contributed by atoms with Gasteiger partial charge in [0.15, 0.2) is 0 Å². The van der Waals surface area contributed by atoms with E-state index in [0.29, 0.717) is 33.8 Å². The second-order valence-corrected chi connectivity index (χ2v) is 8.54. The van der Waals surface area contributed by atoms with Crippen LogP contribution in [0.5, 0.6) is 0 Å². The summed E-state index contributed by atoms with van der Waals surface area (Å²) in [6.45, 7) is 3.50. The summed E-state index contributed by atoms with van der Waals surface area (Å²) in [5.41, 5.74) is 1.18. The average molecular weight is 465 g/mol. The van der Waals surface area contributed by atoms with E-state index in [1.807, 2.05) is 6.07 Å². The van der Waals surface area contributed by atoms with Gasteiger partial charge in [-0.15, -0.1) is 0 Å². The fourth-order valence-corrected chi connectivity index (χ4v) is 3.90. The zero-order valence-electron chi connectivity index (χ0n) is 17.1. The van der Waals surface area contributed by atoms with Gasteiger partial charge in [0.25, 0.3) is 5.91 Å². The highest BCUT2D eigenvalue weighted by Crippen LogP contribution is 2.24. The summed E-state index contributed by atoms with van der Waals surface area (Å²) in [5, 5.41) is 15.9. The van der Waals surface area contributed by atoms with Crippen molar-refractivity contribution in [2.45, 2.75) is 25.7 Å². The monoisotopic (exact) mass is 464 g/mol. The summed E-state index contributed by atoms with van der Waals surface area (Å²) in [4.78, 5) is 29.9. The van der Waals surface area contributed by atoms with Crippen molar-refractivity contribution < 1.29 is 14.7 Å². The molecule has 0 bridgehead atoms. The first-order valence-corrected chi connectivity index (χ1v) is 11.1. The molecular weight excluding hydrogens is 439 g/mol. The molecule has 1 aliphatic heterocycles. The van der Waals surface area contributed by atoms with Gasteiger partial charge < -0.3 is 20.6 Å². The Labute approximate surface area is 191 Å². The van der Waals surface area contributed by atoms with Gasteiger partial charge in [-0.2, -0.15) is 0 Å². The van der Waals surface area contributed by atoms with Crippen molar-refractivity contribution in [2.24, 2.45) is 5.92 Å². The Morgan fingerprint density at radius 3 is 2.55 bits per heavy atom. The van der Waals surface area contributed by atoms with Crippen molar-refractivity contribution in [3.05, 3.63) is 52.1 Å². The van der Waals surface area contributed by atoms with E-state index in [4.69, 9.17) is 28.3 Å². The van der Waals surface area contributed by atoms with Crippen LogP contribution in [0.1, 0.15) is 36.0 Å². The van der Waals surface area contributed by atoms with Crippen molar-refractivity contribution in [2.75, 3.05) is 36.8 Å². The molecule has 31 heavy (non-hydrogen) atoms. The van der Waals surface area contributed by atoms with Gasteiger partial charge in [0.2, 0.25) is 0 Å².